The highest BCUT2D eigenvalue weighted by Crippen LogP contribution is 2.05. The summed E-state index contributed by atoms with van der Waals surface area (Å²) in [5.41, 5.74) is 1.07. The highest BCUT2D eigenvalue weighted by atomic mass is 16.3. The van der Waals surface area contributed by atoms with Crippen LogP contribution in [0.1, 0.15) is 21.9 Å². The van der Waals surface area contributed by atoms with Gasteiger partial charge in [-0.3, -0.25) is 9.59 Å². The smallest absolute Gasteiger partial charge is 0.291 e. The van der Waals surface area contributed by atoms with Gasteiger partial charge in [0.05, 0.1) is 19.1 Å². The zero-order chi connectivity index (χ0) is 18.9. The molecule has 0 saturated carbocycles. The fourth-order valence-electron chi connectivity index (χ4n) is 2.26. The van der Waals surface area contributed by atoms with Crippen LogP contribution in [0.4, 0.5) is 0 Å². The van der Waals surface area contributed by atoms with Crippen molar-refractivity contribution < 1.29 is 18.4 Å². The lowest BCUT2D eigenvalue weighted by molar-refractivity contribution is -0.118. The molecule has 0 saturated heterocycles. The number of hydrogen-bond donors (Lipinski definition) is 2. The van der Waals surface area contributed by atoms with E-state index in [0.29, 0.717) is 5.76 Å². The van der Waals surface area contributed by atoms with Crippen LogP contribution in [0.3, 0.4) is 0 Å². The molecule has 2 N–H and O–H groups in total. The summed E-state index contributed by atoms with van der Waals surface area (Å²) in [6.45, 7) is 0.211. The minimum atomic E-state index is -0.507. The summed E-state index contributed by atoms with van der Waals surface area (Å²) in [5, 5.41) is 5.27. The molecule has 0 radical (unpaired) electrons. The van der Waals surface area contributed by atoms with Crippen molar-refractivity contribution in [1.82, 2.24) is 10.6 Å². The standard InChI is InChI=1S/C21H18N2O4/c24-20(22-15-17-10-5-13-26-17)18(23-21(25)19-12-6-14-27-19)11-4-9-16-7-2-1-3-8-16/h1-14H,15H2,(H,22,24)(H,23,25)/b9-4+,18-11+. The van der Waals surface area contributed by atoms with Crippen molar-refractivity contribution in [3.8, 4) is 0 Å². The van der Waals surface area contributed by atoms with Crippen molar-refractivity contribution in [2.24, 2.45) is 0 Å². The molecule has 2 heterocycles. The molecule has 0 unspecified atom stereocenters. The molecule has 136 valence electrons. The molecular weight excluding hydrogens is 344 g/mol. The van der Waals surface area contributed by atoms with E-state index in [0.717, 1.165) is 5.56 Å². The SMILES string of the molecule is O=C(NCc1ccco1)/C(=C\C=C\c1ccccc1)NC(=O)c1ccco1. The van der Waals surface area contributed by atoms with Crippen molar-refractivity contribution >= 4 is 17.9 Å². The number of amides is 2. The first kappa shape index (κ1) is 18.0. The highest BCUT2D eigenvalue weighted by molar-refractivity contribution is 6.01. The quantitative estimate of drug-likeness (QED) is 0.497. The van der Waals surface area contributed by atoms with E-state index in [4.69, 9.17) is 8.83 Å². The Bertz CT molecular complexity index is 924. The zero-order valence-corrected chi connectivity index (χ0v) is 14.4. The molecule has 0 aliphatic heterocycles. The van der Waals surface area contributed by atoms with E-state index in [1.54, 1.807) is 24.3 Å². The van der Waals surface area contributed by atoms with Crippen molar-refractivity contribution in [2.45, 2.75) is 6.54 Å². The van der Waals surface area contributed by atoms with Crippen LogP contribution in [0.15, 0.2) is 93.8 Å². The van der Waals surface area contributed by atoms with Gasteiger partial charge in [-0.15, -0.1) is 0 Å². The average molecular weight is 362 g/mol. The summed E-state index contributed by atoms with van der Waals surface area (Å²) in [6, 6.07) is 16.2. The Morgan fingerprint density at radius 2 is 1.70 bits per heavy atom. The van der Waals surface area contributed by atoms with Gasteiger partial charge in [0.15, 0.2) is 5.76 Å². The Hall–Kier alpha value is -3.80. The monoisotopic (exact) mass is 362 g/mol. The lowest BCUT2D eigenvalue weighted by Gasteiger charge is -2.08. The van der Waals surface area contributed by atoms with E-state index >= 15 is 0 Å². The van der Waals surface area contributed by atoms with Crippen LogP contribution < -0.4 is 10.6 Å². The summed E-state index contributed by atoms with van der Waals surface area (Å²) in [5.74, 6) is -0.219. The van der Waals surface area contributed by atoms with Crippen molar-refractivity contribution in [2.75, 3.05) is 0 Å². The third-order valence-corrected chi connectivity index (χ3v) is 3.59. The van der Waals surface area contributed by atoms with E-state index < -0.39 is 11.8 Å². The number of carbonyl (C=O) groups is 2. The van der Waals surface area contributed by atoms with Gasteiger partial charge < -0.3 is 19.5 Å². The van der Waals surface area contributed by atoms with Crippen molar-refractivity contribution in [3.63, 3.8) is 0 Å². The fourth-order valence-corrected chi connectivity index (χ4v) is 2.26. The largest absolute Gasteiger partial charge is 0.467 e. The predicted octanol–water partition coefficient (Wildman–Crippen LogP) is 3.52. The second-order valence-corrected chi connectivity index (χ2v) is 5.54. The van der Waals surface area contributed by atoms with E-state index in [1.807, 2.05) is 36.4 Å². The summed E-state index contributed by atoms with van der Waals surface area (Å²) >= 11 is 0. The van der Waals surface area contributed by atoms with Gasteiger partial charge in [-0.1, -0.05) is 42.5 Å². The predicted molar refractivity (Wildman–Crippen MR) is 100 cm³/mol. The first-order valence-electron chi connectivity index (χ1n) is 8.31. The van der Waals surface area contributed by atoms with Crippen LogP contribution in [-0.2, 0) is 11.3 Å². The molecule has 0 fully saturated rings. The Morgan fingerprint density at radius 1 is 0.926 bits per heavy atom. The Kier molecular flexibility index (Phi) is 6.04. The average Bonchev–Trinajstić information content (AvgIpc) is 3.40. The molecule has 3 rings (SSSR count). The fraction of sp³-hybridized carbons (Fsp3) is 0.0476. The third kappa shape index (κ3) is 5.34. The second-order valence-electron chi connectivity index (χ2n) is 5.54. The second kappa shape index (κ2) is 9.05. The van der Waals surface area contributed by atoms with Gasteiger partial charge in [0, 0.05) is 0 Å². The molecule has 2 amide bonds. The number of furan rings is 2. The molecule has 27 heavy (non-hydrogen) atoms. The molecule has 0 bridgehead atoms. The topological polar surface area (TPSA) is 84.5 Å². The van der Waals surface area contributed by atoms with Crippen LogP contribution in [0.25, 0.3) is 6.08 Å². The van der Waals surface area contributed by atoms with Crippen LogP contribution in [-0.4, -0.2) is 11.8 Å². The van der Waals surface area contributed by atoms with E-state index in [9.17, 15) is 9.59 Å². The normalized spacial score (nSPS) is 11.5. The van der Waals surface area contributed by atoms with Crippen LogP contribution >= 0.6 is 0 Å². The van der Waals surface area contributed by atoms with Crippen LogP contribution in [0.5, 0.6) is 0 Å². The van der Waals surface area contributed by atoms with Gasteiger partial charge in [0.2, 0.25) is 0 Å². The van der Waals surface area contributed by atoms with E-state index in [2.05, 4.69) is 10.6 Å². The highest BCUT2D eigenvalue weighted by Gasteiger charge is 2.15. The first-order chi connectivity index (χ1) is 13.2. The molecule has 1 aromatic carbocycles. The number of rotatable bonds is 7. The lowest BCUT2D eigenvalue weighted by Crippen LogP contribution is -2.34. The van der Waals surface area contributed by atoms with Gasteiger partial charge in [-0.25, -0.2) is 0 Å². The Morgan fingerprint density at radius 3 is 2.41 bits per heavy atom. The molecular formula is C21H18N2O4. The molecule has 6 nitrogen and oxygen atoms in total. The summed E-state index contributed by atoms with van der Waals surface area (Å²) in [7, 11) is 0. The summed E-state index contributed by atoms with van der Waals surface area (Å²) in [4.78, 5) is 24.7. The Balaban J connectivity index is 1.72. The number of carbonyl (C=O) groups excluding carboxylic acids is 2. The number of nitrogens with one attached hydrogen (secondary N) is 2. The van der Waals surface area contributed by atoms with Crippen LogP contribution in [0.2, 0.25) is 0 Å². The lowest BCUT2D eigenvalue weighted by atomic mass is 10.2. The van der Waals surface area contributed by atoms with Gasteiger partial charge in [0.1, 0.15) is 11.5 Å². The maximum Gasteiger partial charge on any atom is 0.291 e. The minimum Gasteiger partial charge on any atom is -0.467 e. The molecule has 3 aromatic rings. The molecule has 6 heteroatoms. The van der Waals surface area contributed by atoms with E-state index in [1.165, 1.54) is 24.7 Å². The molecule has 0 aliphatic rings. The Labute approximate surface area is 156 Å². The van der Waals surface area contributed by atoms with Crippen LogP contribution in [0, 0.1) is 0 Å². The molecule has 0 aliphatic carbocycles. The maximum absolute atomic E-state index is 12.5. The molecule has 2 aromatic heterocycles. The van der Waals surface area contributed by atoms with Gasteiger partial charge >= 0.3 is 0 Å². The van der Waals surface area contributed by atoms with Gasteiger partial charge in [0.25, 0.3) is 11.8 Å². The third-order valence-electron chi connectivity index (χ3n) is 3.59. The van der Waals surface area contributed by atoms with Crippen molar-refractivity contribution in [3.05, 3.63) is 102 Å². The molecule has 0 atom stereocenters. The van der Waals surface area contributed by atoms with Crippen molar-refractivity contribution in [1.29, 1.82) is 0 Å². The zero-order valence-electron chi connectivity index (χ0n) is 14.4. The number of benzene rings is 1. The van der Waals surface area contributed by atoms with Gasteiger partial charge in [-0.2, -0.15) is 0 Å². The summed E-state index contributed by atoms with van der Waals surface area (Å²) < 4.78 is 10.3. The van der Waals surface area contributed by atoms with Gasteiger partial charge in [-0.05, 0) is 35.9 Å². The number of allylic oxidation sites excluding steroid dienone is 2. The maximum atomic E-state index is 12.5. The summed E-state index contributed by atoms with van der Waals surface area (Å²) in [6.07, 6.45) is 7.98. The minimum absolute atomic E-state index is 0.0927. The molecule has 0 spiro atoms. The van der Waals surface area contributed by atoms with E-state index in [-0.39, 0.29) is 18.0 Å². The number of hydrogen-bond acceptors (Lipinski definition) is 4. The first-order valence-corrected chi connectivity index (χ1v) is 8.31.